The van der Waals surface area contributed by atoms with Gasteiger partial charge in [-0.1, -0.05) is 36.4 Å². The number of hydrogen-bond donors (Lipinski definition) is 1. The molecule has 0 aliphatic rings. The highest BCUT2D eigenvalue weighted by molar-refractivity contribution is 5.80. The molecule has 4 nitrogen and oxygen atoms in total. The van der Waals surface area contributed by atoms with E-state index in [1.54, 1.807) is 7.05 Å². The SMILES string of the molecule is CN=Cc1ccc(NCc2cccc(-n3cnc4ccccc43)c2)cc1. The highest BCUT2D eigenvalue weighted by Gasteiger charge is 2.04. The molecule has 1 heterocycles. The van der Waals surface area contributed by atoms with E-state index in [1.807, 2.05) is 30.7 Å². The minimum absolute atomic E-state index is 0.766. The Labute approximate surface area is 152 Å². The molecular weight excluding hydrogens is 320 g/mol. The predicted molar refractivity (Wildman–Crippen MR) is 108 cm³/mol. The Hall–Kier alpha value is -3.40. The molecular formula is C22H20N4. The van der Waals surface area contributed by atoms with Crippen LogP contribution in [0.4, 0.5) is 5.69 Å². The summed E-state index contributed by atoms with van der Waals surface area (Å²) in [5.74, 6) is 0. The van der Waals surface area contributed by atoms with Gasteiger partial charge in [-0.25, -0.2) is 4.98 Å². The van der Waals surface area contributed by atoms with Crippen LogP contribution in [0.3, 0.4) is 0 Å². The number of imidazole rings is 1. The predicted octanol–water partition coefficient (Wildman–Crippen LogP) is 4.69. The lowest BCUT2D eigenvalue weighted by Crippen LogP contribution is -2.01. The van der Waals surface area contributed by atoms with Crippen LogP contribution in [0.25, 0.3) is 16.7 Å². The van der Waals surface area contributed by atoms with E-state index in [0.717, 1.165) is 34.5 Å². The minimum Gasteiger partial charge on any atom is -0.381 e. The molecule has 0 spiro atoms. The molecule has 3 aromatic carbocycles. The second-order valence-corrected chi connectivity index (χ2v) is 6.14. The van der Waals surface area contributed by atoms with Crippen LogP contribution in [0.2, 0.25) is 0 Å². The van der Waals surface area contributed by atoms with Gasteiger partial charge in [0.1, 0.15) is 6.33 Å². The zero-order chi connectivity index (χ0) is 17.8. The molecule has 26 heavy (non-hydrogen) atoms. The molecule has 0 fully saturated rings. The van der Waals surface area contributed by atoms with Gasteiger partial charge in [-0.3, -0.25) is 9.56 Å². The normalized spacial score (nSPS) is 11.3. The maximum atomic E-state index is 4.48. The smallest absolute Gasteiger partial charge is 0.100 e. The molecule has 1 N–H and O–H groups in total. The Kier molecular flexibility index (Phi) is 4.48. The van der Waals surface area contributed by atoms with Gasteiger partial charge in [0.05, 0.1) is 11.0 Å². The molecule has 0 atom stereocenters. The molecule has 0 bridgehead atoms. The zero-order valence-corrected chi connectivity index (χ0v) is 14.6. The van der Waals surface area contributed by atoms with E-state index in [2.05, 4.69) is 74.5 Å². The van der Waals surface area contributed by atoms with Crippen LogP contribution >= 0.6 is 0 Å². The number of aliphatic imine (C=N–C) groups is 1. The zero-order valence-electron chi connectivity index (χ0n) is 14.6. The first-order chi connectivity index (χ1) is 12.8. The first-order valence-corrected chi connectivity index (χ1v) is 8.61. The fourth-order valence-electron chi connectivity index (χ4n) is 3.02. The molecule has 0 aliphatic heterocycles. The van der Waals surface area contributed by atoms with Crippen molar-refractivity contribution in [2.45, 2.75) is 6.54 Å². The van der Waals surface area contributed by atoms with Crippen molar-refractivity contribution in [3.05, 3.63) is 90.3 Å². The van der Waals surface area contributed by atoms with Gasteiger partial charge in [-0.2, -0.15) is 0 Å². The third-order valence-corrected chi connectivity index (χ3v) is 4.33. The number of para-hydroxylation sites is 2. The Morgan fingerprint density at radius 3 is 2.69 bits per heavy atom. The van der Waals surface area contributed by atoms with Crippen molar-refractivity contribution < 1.29 is 0 Å². The highest BCUT2D eigenvalue weighted by atomic mass is 15.0. The third-order valence-electron chi connectivity index (χ3n) is 4.33. The Morgan fingerprint density at radius 1 is 1.00 bits per heavy atom. The molecule has 128 valence electrons. The summed E-state index contributed by atoms with van der Waals surface area (Å²) in [5.41, 5.74) is 6.66. The number of rotatable bonds is 5. The van der Waals surface area contributed by atoms with Gasteiger partial charge in [0.2, 0.25) is 0 Å². The van der Waals surface area contributed by atoms with Gasteiger partial charge < -0.3 is 5.32 Å². The quantitative estimate of drug-likeness (QED) is 0.536. The lowest BCUT2D eigenvalue weighted by molar-refractivity contribution is 1.07. The maximum Gasteiger partial charge on any atom is 0.100 e. The summed E-state index contributed by atoms with van der Waals surface area (Å²) in [4.78, 5) is 8.51. The molecule has 4 aromatic rings. The largest absolute Gasteiger partial charge is 0.381 e. The second kappa shape index (κ2) is 7.23. The highest BCUT2D eigenvalue weighted by Crippen LogP contribution is 2.19. The molecule has 0 amide bonds. The van der Waals surface area contributed by atoms with Gasteiger partial charge in [-0.05, 0) is 47.5 Å². The van der Waals surface area contributed by atoms with Gasteiger partial charge in [0.15, 0.2) is 0 Å². The van der Waals surface area contributed by atoms with Gasteiger partial charge in [-0.15, -0.1) is 0 Å². The first-order valence-electron chi connectivity index (χ1n) is 8.61. The fraction of sp³-hybridized carbons (Fsp3) is 0.0909. The second-order valence-electron chi connectivity index (χ2n) is 6.14. The van der Waals surface area contributed by atoms with Crippen molar-refractivity contribution in [3.63, 3.8) is 0 Å². The van der Waals surface area contributed by atoms with Crippen molar-refractivity contribution in [1.29, 1.82) is 0 Å². The van der Waals surface area contributed by atoms with E-state index in [1.165, 1.54) is 5.56 Å². The first kappa shape index (κ1) is 16.1. The van der Waals surface area contributed by atoms with Crippen molar-refractivity contribution >= 4 is 22.9 Å². The standard InChI is InChI=1S/C22H20N4/c1-23-14-17-9-11-19(12-10-17)24-15-18-5-4-6-20(13-18)26-16-25-21-7-2-3-8-22(21)26/h2-14,16,24H,15H2,1H3. The van der Waals surface area contributed by atoms with E-state index in [-0.39, 0.29) is 0 Å². The van der Waals surface area contributed by atoms with E-state index in [0.29, 0.717) is 0 Å². The monoisotopic (exact) mass is 340 g/mol. The fourth-order valence-corrected chi connectivity index (χ4v) is 3.02. The summed E-state index contributed by atoms with van der Waals surface area (Å²) < 4.78 is 2.12. The Morgan fingerprint density at radius 2 is 1.85 bits per heavy atom. The van der Waals surface area contributed by atoms with Crippen LogP contribution in [-0.2, 0) is 6.54 Å². The van der Waals surface area contributed by atoms with E-state index < -0.39 is 0 Å². The Balaban J connectivity index is 1.52. The number of hydrogen-bond acceptors (Lipinski definition) is 3. The van der Waals surface area contributed by atoms with Crippen LogP contribution < -0.4 is 5.32 Å². The molecule has 0 aliphatic carbocycles. The average Bonchev–Trinajstić information content (AvgIpc) is 3.12. The molecule has 0 unspecified atom stereocenters. The van der Waals surface area contributed by atoms with Crippen LogP contribution in [-0.4, -0.2) is 22.8 Å². The molecule has 0 saturated carbocycles. The summed E-state index contributed by atoms with van der Waals surface area (Å²) in [5, 5.41) is 3.47. The number of anilines is 1. The van der Waals surface area contributed by atoms with Crippen molar-refractivity contribution in [2.75, 3.05) is 12.4 Å². The molecule has 4 rings (SSSR count). The molecule has 0 radical (unpaired) electrons. The molecule has 0 saturated heterocycles. The summed E-state index contributed by atoms with van der Waals surface area (Å²) >= 11 is 0. The van der Waals surface area contributed by atoms with Crippen molar-refractivity contribution in [2.24, 2.45) is 4.99 Å². The maximum absolute atomic E-state index is 4.48. The number of fused-ring (bicyclic) bond motifs is 1. The van der Waals surface area contributed by atoms with Gasteiger partial charge >= 0.3 is 0 Å². The van der Waals surface area contributed by atoms with Crippen LogP contribution in [0.15, 0.2) is 84.1 Å². The number of benzene rings is 3. The lowest BCUT2D eigenvalue weighted by Gasteiger charge is -2.10. The van der Waals surface area contributed by atoms with Crippen molar-refractivity contribution in [1.82, 2.24) is 9.55 Å². The lowest BCUT2D eigenvalue weighted by atomic mass is 10.1. The van der Waals surface area contributed by atoms with E-state index in [4.69, 9.17) is 0 Å². The third kappa shape index (κ3) is 3.35. The van der Waals surface area contributed by atoms with E-state index >= 15 is 0 Å². The van der Waals surface area contributed by atoms with Crippen LogP contribution in [0.1, 0.15) is 11.1 Å². The average molecular weight is 340 g/mol. The van der Waals surface area contributed by atoms with Crippen molar-refractivity contribution in [3.8, 4) is 5.69 Å². The topological polar surface area (TPSA) is 42.2 Å². The summed E-state index contributed by atoms with van der Waals surface area (Å²) in [6.45, 7) is 0.766. The van der Waals surface area contributed by atoms with Crippen LogP contribution in [0.5, 0.6) is 0 Å². The number of nitrogens with zero attached hydrogens (tertiary/aromatic N) is 3. The van der Waals surface area contributed by atoms with Crippen LogP contribution in [0, 0.1) is 0 Å². The Bertz CT molecular complexity index is 1050. The minimum atomic E-state index is 0.766. The summed E-state index contributed by atoms with van der Waals surface area (Å²) in [7, 11) is 1.78. The van der Waals surface area contributed by atoms with Gasteiger partial charge in [0.25, 0.3) is 0 Å². The molecule has 1 aromatic heterocycles. The summed E-state index contributed by atoms with van der Waals surface area (Å²) in [6.07, 6.45) is 3.73. The molecule has 4 heteroatoms. The van der Waals surface area contributed by atoms with Gasteiger partial charge in [0, 0.05) is 31.2 Å². The van der Waals surface area contributed by atoms with E-state index in [9.17, 15) is 0 Å². The number of aromatic nitrogens is 2. The number of nitrogens with one attached hydrogen (secondary N) is 1. The summed E-state index contributed by atoms with van der Waals surface area (Å²) in [6, 6.07) is 25.0.